The van der Waals surface area contributed by atoms with Crippen LogP contribution in [0, 0.1) is 0 Å². The summed E-state index contributed by atoms with van der Waals surface area (Å²) in [4.78, 5) is 2.54. The van der Waals surface area contributed by atoms with Crippen molar-refractivity contribution in [3.8, 4) is 0 Å². The molecule has 2 aliphatic rings. The molecule has 0 aromatic heterocycles. The van der Waals surface area contributed by atoms with Gasteiger partial charge in [-0.2, -0.15) is 0 Å². The summed E-state index contributed by atoms with van der Waals surface area (Å²) in [5, 5.41) is 3.42. The summed E-state index contributed by atoms with van der Waals surface area (Å²) < 4.78 is 11.5. The number of likely N-dealkylation sites (N-methyl/N-ethyl adjacent to an activating group) is 1. The van der Waals surface area contributed by atoms with Gasteiger partial charge in [-0.3, -0.25) is 4.90 Å². The second-order valence-electron chi connectivity index (χ2n) is 5.18. The quantitative estimate of drug-likeness (QED) is 0.775. The molecule has 0 aromatic carbocycles. The highest BCUT2D eigenvalue weighted by Gasteiger charge is 2.28. The van der Waals surface area contributed by atoms with Crippen molar-refractivity contribution in [1.82, 2.24) is 10.2 Å². The summed E-state index contributed by atoms with van der Waals surface area (Å²) >= 11 is 0. The minimum absolute atomic E-state index is 0.437. The van der Waals surface area contributed by atoms with E-state index in [4.69, 9.17) is 9.47 Å². The number of hydrogen-bond acceptors (Lipinski definition) is 4. The van der Waals surface area contributed by atoms with Crippen molar-refractivity contribution >= 4 is 0 Å². The lowest BCUT2D eigenvalue weighted by molar-refractivity contribution is -0.0380. The average Bonchev–Trinajstić information content (AvgIpc) is 2.74. The molecular weight excluding hydrogens is 216 g/mol. The maximum atomic E-state index is 5.91. The van der Waals surface area contributed by atoms with Gasteiger partial charge in [0.05, 0.1) is 25.4 Å². The Kier molecular flexibility index (Phi) is 5.22. The number of nitrogens with one attached hydrogen (secondary N) is 1. The number of rotatable bonds is 5. The largest absolute Gasteiger partial charge is 0.378 e. The first-order valence-electron chi connectivity index (χ1n) is 6.97. The van der Waals surface area contributed by atoms with Crippen LogP contribution in [0.3, 0.4) is 0 Å². The Morgan fingerprint density at radius 1 is 1.35 bits per heavy atom. The van der Waals surface area contributed by atoms with Crippen LogP contribution >= 0.6 is 0 Å². The molecule has 2 fully saturated rings. The zero-order valence-electron chi connectivity index (χ0n) is 11.2. The van der Waals surface area contributed by atoms with Gasteiger partial charge in [-0.05, 0) is 26.3 Å². The van der Waals surface area contributed by atoms with E-state index in [0.717, 1.165) is 39.4 Å². The third-order valence-corrected chi connectivity index (χ3v) is 3.74. The van der Waals surface area contributed by atoms with Gasteiger partial charge in [0.2, 0.25) is 0 Å². The molecule has 0 aliphatic carbocycles. The van der Waals surface area contributed by atoms with Crippen molar-refractivity contribution in [3.63, 3.8) is 0 Å². The van der Waals surface area contributed by atoms with E-state index in [-0.39, 0.29) is 0 Å². The number of ether oxygens (including phenoxy) is 2. The molecule has 0 amide bonds. The SMILES string of the molecule is CCNCC1COCCN1CC1CCC(C)O1. The maximum Gasteiger partial charge on any atom is 0.0706 e. The Labute approximate surface area is 105 Å². The van der Waals surface area contributed by atoms with E-state index in [9.17, 15) is 0 Å². The van der Waals surface area contributed by atoms with Gasteiger partial charge in [-0.1, -0.05) is 6.92 Å². The van der Waals surface area contributed by atoms with Crippen LogP contribution in [0.15, 0.2) is 0 Å². The predicted molar refractivity (Wildman–Crippen MR) is 68.3 cm³/mol. The molecular formula is C13H26N2O2. The summed E-state index contributed by atoms with van der Waals surface area (Å²) in [5.74, 6) is 0. The molecule has 4 nitrogen and oxygen atoms in total. The van der Waals surface area contributed by atoms with Gasteiger partial charge in [0, 0.05) is 25.7 Å². The van der Waals surface area contributed by atoms with Gasteiger partial charge in [0.25, 0.3) is 0 Å². The molecule has 3 unspecified atom stereocenters. The molecule has 3 atom stereocenters. The van der Waals surface area contributed by atoms with E-state index >= 15 is 0 Å². The fourth-order valence-corrected chi connectivity index (χ4v) is 2.71. The highest BCUT2D eigenvalue weighted by Crippen LogP contribution is 2.21. The minimum Gasteiger partial charge on any atom is -0.378 e. The Bertz CT molecular complexity index is 225. The first-order chi connectivity index (χ1) is 8.29. The highest BCUT2D eigenvalue weighted by molar-refractivity contribution is 4.82. The molecule has 2 rings (SSSR count). The van der Waals surface area contributed by atoms with Crippen LogP contribution < -0.4 is 5.32 Å². The normalized spacial score (nSPS) is 35.3. The van der Waals surface area contributed by atoms with Crippen LogP contribution in [0.2, 0.25) is 0 Å². The Morgan fingerprint density at radius 2 is 2.24 bits per heavy atom. The first-order valence-corrected chi connectivity index (χ1v) is 6.97. The van der Waals surface area contributed by atoms with Crippen molar-refractivity contribution in [2.75, 3.05) is 39.4 Å². The molecule has 2 heterocycles. The van der Waals surface area contributed by atoms with E-state index < -0.39 is 0 Å². The van der Waals surface area contributed by atoms with E-state index in [1.807, 2.05) is 0 Å². The minimum atomic E-state index is 0.437. The molecule has 1 N–H and O–H groups in total. The standard InChI is InChI=1S/C13H26N2O2/c1-3-14-8-12-10-16-7-6-15(12)9-13-5-4-11(2)17-13/h11-14H,3-10H2,1-2H3. The van der Waals surface area contributed by atoms with Gasteiger partial charge in [-0.25, -0.2) is 0 Å². The molecule has 0 saturated carbocycles. The zero-order valence-corrected chi connectivity index (χ0v) is 11.2. The lowest BCUT2D eigenvalue weighted by Crippen LogP contribution is -2.52. The summed E-state index contributed by atoms with van der Waals surface area (Å²) in [6, 6.07) is 0.517. The second-order valence-corrected chi connectivity index (χ2v) is 5.18. The molecule has 0 radical (unpaired) electrons. The first kappa shape index (κ1) is 13.3. The molecule has 2 saturated heterocycles. The predicted octanol–water partition coefficient (Wildman–Crippen LogP) is 0.864. The number of nitrogens with zero attached hydrogens (tertiary/aromatic N) is 1. The smallest absolute Gasteiger partial charge is 0.0706 e. The monoisotopic (exact) mass is 242 g/mol. The van der Waals surface area contributed by atoms with Crippen molar-refractivity contribution in [2.45, 2.75) is 44.9 Å². The second kappa shape index (κ2) is 6.69. The van der Waals surface area contributed by atoms with Crippen molar-refractivity contribution in [2.24, 2.45) is 0 Å². The summed E-state index contributed by atoms with van der Waals surface area (Å²) in [7, 11) is 0. The van der Waals surface area contributed by atoms with E-state index in [0.29, 0.717) is 18.2 Å². The summed E-state index contributed by atoms with van der Waals surface area (Å²) in [6.45, 7) is 10.2. The number of morpholine rings is 1. The van der Waals surface area contributed by atoms with E-state index in [1.54, 1.807) is 0 Å². The van der Waals surface area contributed by atoms with Crippen LogP contribution in [0.1, 0.15) is 26.7 Å². The number of hydrogen-bond donors (Lipinski definition) is 1. The molecule has 100 valence electrons. The average molecular weight is 242 g/mol. The van der Waals surface area contributed by atoms with Crippen LogP contribution in [0.25, 0.3) is 0 Å². The molecule has 0 aromatic rings. The molecule has 4 heteroatoms. The Balaban J connectivity index is 1.79. The summed E-state index contributed by atoms with van der Waals surface area (Å²) in [6.07, 6.45) is 3.32. The van der Waals surface area contributed by atoms with Crippen LogP contribution in [-0.2, 0) is 9.47 Å². The Morgan fingerprint density at radius 3 is 2.94 bits per heavy atom. The van der Waals surface area contributed by atoms with Crippen LogP contribution in [0.4, 0.5) is 0 Å². The van der Waals surface area contributed by atoms with Crippen LogP contribution in [-0.4, -0.2) is 62.5 Å². The van der Waals surface area contributed by atoms with Gasteiger partial charge in [0.1, 0.15) is 0 Å². The third kappa shape index (κ3) is 3.91. The Hall–Kier alpha value is -0.160. The lowest BCUT2D eigenvalue weighted by atomic mass is 10.1. The topological polar surface area (TPSA) is 33.7 Å². The lowest BCUT2D eigenvalue weighted by Gasteiger charge is -2.37. The summed E-state index contributed by atoms with van der Waals surface area (Å²) in [5.41, 5.74) is 0. The van der Waals surface area contributed by atoms with E-state index in [2.05, 4.69) is 24.1 Å². The molecule has 0 spiro atoms. The maximum absolute atomic E-state index is 5.91. The molecule has 0 bridgehead atoms. The van der Waals surface area contributed by atoms with Crippen molar-refractivity contribution in [3.05, 3.63) is 0 Å². The van der Waals surface area contributed by atoms with Gasteiger partial charge >= 0.3 is 0 Å². The third-order valence-electron chi connectivity index (χ3n) is 3.74. The van der Waals surface area contributed by atoms with Gasteiger partial charge in [0.15, 0.2) is 0 Å². The fraction of sp³-hybridized carbons (Fsp3) is 1.00. The zero-order chi connectivity index (χ0) is 12.1. The van der Waals surface area contributed by atoms with Crippen molar-refractivity contribution < 1.29 is 9.47 Å². The van der Waals surface area contributed by atoms with Gasteiger partial charge < -0.3 is 14.8 Å². The molecule has 2 aliphatic heterocycles. The molecule has 17 heavy (non-hydrogen) atoms. The highest BCUT2D eigenvalue weighted by atomic mass is 16.5. The van der Waals surface area contributed by atoms with E-state index in [1.165, 1.54) is 12.8 Å². The van der Waals surface area contributed by atoms with Crippen molar-refractivity contribution in [1.29, 1.82) is 0 Å². The van der Waals surface area contributed by atoms with Gasteiger partial charge in [-0.15, -0.1) is 0 Å². The fourth-order valence-electron chi connectivity index (χ4n) is 2.71. The van der Waals surface area contributed by atoms with Crippen LogP contribution in [0.5, 0.6) is 0 Å².